The summed E-state index contributed by atoms with van der Waals surface area (Å²) in [5.41, 5.74) is 1.99. The molecular weight excluding hydrogens is 402 g/mol. The third kappa shape index (κ3) is 4.91. The second kappa shape index (κ2) is 8.23. The largest absolute Gasteiger partial charge is 0.352 e. The third-order valence-corrected chi connectivity index (χ3v) is 6.18. The summed E-state index contributed by atoms with van der Waals surface area (Å²) in [6, 6.07) is 10.5. The molecular formula is C21H29N5O3S. The number of carbonyl (C=O) groups excluding carboxylic acids is 1. The molecule has 1 aromatic carbocycles. The predicted molar refractivity (Wildman–Crippen MR) is 118 cm³/mol. The maximum absolute atomic E-state index is 12.8. The summed E-state index contributed by atoms with van der Waals surface area (Å²) < 4.78 is 23.8. The molecule has 1 aromatic heterocycles. The Balaban J connectivity index is 1.68. The van der Waals surface area contributed by atoms with E-state index in [1.54, 1.807) is 11.0 Å². The Kier molecular flexibility index (Phi) is 6.05. The molecule has 3 rings (SSSR count). The van der Waals surface area contributed by atoms with Gasteiger partial charge in [-0.25, -0.2) is 23.3 Å². The van der Waals surface area contributed by atoms with Crippen LogP contribution in [0.5, 0.6) is 0 Å². The second-order valence-corrected chi connectivity index (χ2v) is 10.1. The van der Waals surface area contributed by atoms with Gasteiger partial charge in [0.25, 0.3) is 0 Å². The number of pyridine rings is 1. The average molecular weight is 432 g/mol. The molecule has 1 saturated heterocycles. The van der Waals surface area contributed by atoms with Crippen molar-refractivity contribution in [2.24, 2.45) is 5.14 Å². The number of hydrogen-bond acceptors (Lipinski definition) is 5. The Morgan fingerprint density at radius 3 is 2.40 bits per heavy atom. The lowest BCUT2D eigenvalue weighted by atomic mass is 9.87. The van der Waals surface area contributed by atoms with E-state index in [-0.39, 0.29) is 22.4 Å². The summed E-state index contributed by atoms with van der Waals surface area (Å²) in [7, 11) is -3.88. The van der Waals surface area contributed by atoms with Crippen LogP contribution in [0.3, 0.4) is 0 Å². The van der Waals surface area contributed by atoms with Crippen LogP contribution in [0.1, 0.15) is 33.3 Å². The molecule has 1 aliphatic rings. The summed E-state index contributed by atoms with van der Waals surface area (Å²) in [5, 5.41) is 8.28. The molecule has 3 N–H and O–H groups in total. The minimum Gasteiger partial charge on any atom is -0.352 e. The molecule has 162 valence electrons. The van der Waals surface area contributed by atoms with Crippen molar-refractivity contribution in [1.82, 2.24) is 9.88 Å². The molecule has 0 aliphatic carbocycles. The van der Waals surface area contributed by atoms with E-state index in [2.05, 4.69) is 31.1 Å². The number of urea groups is 1. The Bertz CT molecular complexity index is 1020. The van der Waals surface area contributed by atoms with Crippen LogP contribution < -0.4 is 15.4 Å². The quantitative estimate of drug-likeness (QED) is 0.777. The predicted octanol–water partition coefficient (Wildman–Crippen LogP) is 2.77. The summed E-state index contributed by atoms with van der Waals surface area (Å²) in [5.74, 6) is 0.324. The number of rotatable bonds is 3. The van der Waals surface area contributed by atoms with Crippen molar-refractivity contribution in [3.8, 4) is 0 Å². The third-order valence-electron chi connectivity index (χ3n) is 5.25. The molecule has 2 amide bonds. The zero-order chi connectivity index (χ0) is 22.1. The summed E-state index contributed by atoms with van der Waals surface area (Å²) in [6.45, 7) is 9.71. The van der Waals surface area contributed by atoms with Crippen molar-refractivity contribution in [2.75, 3.05) is 29.9 Å². The molecule has 0 radical (unpaired) electrons. The lowest BCUT2D eigenvalue weighted by Crippen LogP contribution is -2.55. The lowest BCUT2D eigenvalue weighted by Gasteiger charge is -2.40. The Morgan fingerprint density at radius 1 is 1.17 bits per heavy atom. The van der Waals surface area contributed by atoms with Crippen LogP contribution in [0.25, 0.3) is 0 Å². The molecule has 0 saturated carbocycles. The van der Waals surface area contributed by atoms with Crippen LogP contribution in [-0.4, -0.2) is 50.0 Å². The van der Waals surface area contributed by atoms with E-state index >= 15 is 0 Å². The lowest BCUT2D eigenvalue weighted by molar-refractivity contribution is 0.184. The van der Waals surface area contributed by atoms with Gasteiger partial charge in [0.15, 0.2) is 0 Å². The maximum atomic E-state index is 12.8. The van der Waals surface area contributed by atoms with Gasteiger partial charge in [-0.05, 0) is 42.2 Å². The Morgan fingerprint density at radius 2 is 1.83 bits per heavy atom. The van der Waals surface area contributed by atoms with Gasteiger partial charge in [-0.1, -0.05) is 32.9 Å². The highest BCUT2D eigenvalue weighted by molar-refractivity contribution is 7.89. The minimum atomic E-state index is -3.88. The van der Waals surface area contributed by atoms with E-state index < -0.39 is 10.0 Å². The van der Waals surface area contributed by atoms with Gasteiger partial charge in [0, 0.05) is 37.6 Å². The monoisotopic (exact) mass is 431 g/mol. The number of carbonyl (C=O) groups is 1. The number of anilines is 2. The molecule has 0 spiro atoms. The van der Waals surface area contributed by atoms with E-state index in [1.807, 2.05) is 36.1 Å². The summed E-state index contributed by atoms with van der Waals surface area (Å²) in [4.78, 5) is 20.6. The van der Waals surface area contributed by atoms with Crippen LogP contribution in [0.4, 0.5) is 16.3 Å². The Labute approximate surface area is 178 Å². The van der Waals surface area contributed by atoms with E-state index in [0.717, 1.165) is 5.69 Å². The van der Waals surface area contributed by atoms with Gasteiger partial charge in [0.05, 0.1) is 0 Å². The fourth-order valence-corrected chi connectivity index (χ4v) is 4.25. The van der Waals surface area contributed by atoms with Gasteiger partial charge < -0.3 is 15.1 Å². The number of nitrogens with one attached hydrogen (secondary N) is 1. The molecule has 0 bridgehead atoms. The van der Waals surface area contributed by atoms with E-state index in [9.17, 15) is 13.2 Å². The minimum absolute atomic E-state index is 0.00552. The van der Waals surface area contributed by atoms with Crippen molar-refractivity contribution in [1.29, 1.82) is 0 Å². The van der Waals surface area contributed by atoms with Crippen LogP contribution in [0, 0.1) is 0 Å². The van der Waals surface area contributed by atoms with Crippen LogP contribution >= 0.6 is 0 Å². The summed E-state index contributed by atoms with van der Waals surface area (Å²) >= 11 is 0. The number of primary sulfonamides is 1. The van der Waals surface area contributed by atoms with Gasteiger partial charge >= 0.3 is 6.03 Å². The molecule has 8 nitrogen and oxygen atoms in total. The number of sulfonamides is 1. The van der Waals surface area contributed by atoms with Gasteiger partial charge in [-0.3, -0.25) is 0 Å². The number of benzene rings is 1. The smallest absolute Gasteiger partial charge is 0.322 e. The first-order valence-corrected chi connectivity index (χ1v) is 11.4. The number of hydrogen-bond donors (Lipinski definition) is 2. The zero-order valence-electron chi connectivity index (χ0n) is 17.8. The van der Waals surface area contributed by atoms with Crippen LogP contribution in [-0.2, 0) is 15.4 Å². The zero-order valence-corrected chi connectivity index (χ0v) is 18.6. The number of amides is 2. The maximum Gasteiger partial charge on any atom is 0.322 e. The second-order valence-electron chi connectivity index (χ2n) is 8.62. The highest BCUT2D eigenvalue weighted by Crippen LogP contribution is 2.26. The molecule has 0 unspecified atom stereocenters. The number of piperazine rings is 1. The van der Waals surface area contributed by atoms with Gasteiger partial charge in [-0.15, -0.1) is 0 Å². The van der Waals surface area contributed by atoms with Gasteiger partial charge in [0.2, 0.25) is 10.0 Å². The molecule has 30 heavy (non-hydrogen) atoms. The molecule has 2 heterocycles. The first-order chi connectivity index (χ1) is 14.0. The van der Waals surface area contributed by atoms with E-state index in [1.165, 1.54) is 17.8 Å². The number of nitrogens with zero attached hydrogens (tertiary/aromatic N) is 3. The van der Waals surface area contributed by atoms with Crippen molar-refractivity contribution in [2.45, 2.75) is 44.0 Å². The van der Waals surface area contributed by atoms with Crippen LogP contribution in [0.2, 0.25) is 0 Å². The Hall–Kier alpha value is -2.65. The van der Waals surface area contributed by atoms with Crippen LogP contribution in [0.15, 0.2) is 47.5 Å². The first kappa shape index (κ1) is 22.0. The molecule has 2 aromatic rings. The first-order valence-electron chi connectivity index (χ1n) is 9.88. The standard InChI is InChI=1S/C21H29N5O3S/c1-15-14-25(19-18(30(22,28)29)6-5-11-23-19)12-13-26(15)20(27)24-17-9-7-16(8-10-17)21(2,3)4/h5-11,15H,12-14H2,1-4H3,(H,24,27)(H2,22,28,29)/t15-/m1/s1. The average Bonchev–Trinajstić information content (AvgIpc) is 2.67. The van der Waals surface area contributed by atoms with Crippen molar-refractivity contribution in [3.05, 3.63) is 48.2 Å². The highest BCUT2D eigenvalue weighted by Gasteiger charge is 2.30. The van der Waals surface area contributed by atoms with E-state index in [0.29, 0.717) is 25.5 Å². The van der Waals surface area contributed by atoms with Gasteiger partial charge in [-0.2, -0.15) is 0 Å². The topological polar surface area (TPSA) is 109 Å². The van der Waals surface area contributed by atoms with Crippen molar-refractivity contribution < 1.29 is 13.2 Å². The molecule has 1 fully saturated rings. The SMILES string of the molecule is C[C@@H]1CN(c2ncccc2S(N)(=O)=O)CCN1C(=O)Nc1ccc(C(C)(C)C)cc1. The normalized spacial score (nSPS) is 17.7. The van der Waals surface area contributed by atoms with Crippen molar-refractivity contribution in [3.63, 3.8) is 0 Å². The molecule has 9 heteroatoms. The molecule has 1 atom stereocenters. The summed E-state index contributed by atoms with van der Waals surface area (Å²) in [6.07, 6.45) is 1.54. The fraction of sp³-hybridized carbons (Fsp3) is 0.429. The fourth-order valence-electron chi connectivity index (χ4n) is 3.54. The number of nitrogens with two attached hydrogens (primary N) is 1. The number of aromatic nitrogens is 1. The van der Waals surface area contributed by atoms with Crippen molar-refractivity contribution >= 4 is 27.6 Å². The molecule has 1 aliphatic heterocycles. The van der Waals surface area contributed by atoms with Gasteiger partial charge in [0.1, 0.15) is 10.7 Å². The highest BCUT2D eigenvalue weighted by atomic mass is 32.2. The van der Waals surface area contributed by atoms with E-state index in [4.69, 9.17) is 5.14 Å².